The number of nitrogens with zero attached hydrogens (tertiary/aromatic N) is 6. The zero-order valence-electron chi connectivity index (χ0n) is 11.7. The van der Waals surface area contributed by atoms with Gasteiger partial charge in [-0.2, -0.15) is 10.2 Å². The Bertz CT molecular complexity index is 979. The molecule has 23 heavy (non-hydrogen) atoms. The lowest BCUT2D eigenvalue weighted by atomic mass is 10.2. The first-order valence-electron chi connectivity index (χ1n) is 6.73. The average Bonchev–Trinajstić information content (AvgIpc) is 3.13. The maximum atomic E-state index is 14.3. The largest absolute Gasteiger partial charge is 0.379 e. The quantitative estimate of drug-likeness (QED) is 0.612. The van der Waals surface area contributed by atoms with Gasteiger partial charge in [0.15, 0.2) is 17.3 Å². The van der Waals surface area contributed by atoms with Crippen molar-refractivity contribution in [3.63, 3.8) is 0 Å². The SMILES string of the molecule is Nc1nonc1-c1nc2cccc(F)c2n1Cc1ccnnc1. The number of nitrogen functional groups attached to an aromatic ring is 1. The highest BCUT2D eigenvalue weighted by molar-refractivity contribution is 5.82. The van der Waals surface area contributed by atoms with E-state index in [9.17, 15) is 4.39 Å². The third-order valence-electron chi connectivity index (χ3n) is 3.43. The molecule has 0 radical (unpaired) electrons. The summed E-state index contributed by atoms with van der Waals surface area (Å²) in [6, 6.07) is 6.47. The first-order valence-corrected chi connectivity index (χ1v) is 6.73. The van der Waals surface area contributed by atoms with Crippen molar-refractivity contribution < 1.29 is 9.02 Å². The molecule has 0 aliphatic carbocycles. The van der Waals surface area contributed by atoms with E-state index in [0.29, 0.717) is 23.4 Å². The van der Waals surface area contributed by atoms with Gasteiger partial charge in [-0.25, -0.2) is 14.0 Å². The van der Waals surface area contributed by atoms with Gasteiger partial charge in [-0.3, -0.25) is 0 Å². The summed E-state index contributed by atoms with van der Waals surface area (Å²) in [5.41, 5.74) is 7.70. The summed E-state index contributed by atoms with van der Waals surface area (Å²) in [4.78, 5) is 4.42. The van der Waals surface area contributed by atoms with Gasteiger partial charge in [0, 0.05) is 6.20 Å². The third kappa shape index (κ3) is 2.18. The van der Waals surface area contributed by atoms with Gasteiger partial charge in [0.05, 0.1) is 18.3 Å². The Balaban J connectivity index is 1.97. The van der Waals surface area contributed by atoms with Crippen molar-refractivity contribution in [3.05, 3.63) is 48.0 Å². The number of aromatic nitrogens is 6. The number of para-hydroxylation sites is 1. The van der Waals surface area contributed by atoms with Crippen molar-refractivity contribution in [2.24, 2.45) is 0 Å². The van der Waals surface area contributed by atoms with Crippen LogP contribution in [0.4, 0.5) is 10.2 Å². The van der Waals surface area contributed by atoms with Crippen LogP contribution < -0.4 is 5.73 Å². The predicted octanol–water partition coefficient (Wildman–Crippen LogP) is 1.65. The van der Waals surface area contributed by atoms with Gasteiger partial charge in [-0.05, 0) is 34.1 Å². The van der Waals surface area contributed by atoms with Crippen LogP contribution in [0.5, 0.6) is 0 Å². The van der Waals surface area contributed by atoms with Crippen LogP contribution in [0.3, 0.4) is 0 Å². The fourth-order valence-corrected chi connectivity index (χ4v) is 2.42. The Morgan fingerprint density at radius 1 is 1.17 bits per heavy atom. The summed E-state index contributed by atoms with van der Waals surface area (Å²) < 4.78 is 20.6. The summed E-state index contributed by atoms with van der Waals surface area (Å²) >= 11 is 0. The molecule has 8 nitrogen and oxygen atoms in total. The smallest absolute Gasteiger partial charge is 0.199 e. The highest BCUT2D eigenvalue weighted by Gasteiger charge is 2.21. The van der Waals surface area contributed by atoms with Crippen LogP contribution in [0.1, 0.15) is 5.56 Å². The lowest BCUT2D eigenvalue weighted by Crippen LogP contribution is -2.05. The predicted molar refractivity (Wildman–Crippen MR) is 78.5 cm³/mol. The van der Waals surface area contributed by atoms with E-state index in [1.54, 1.807) is 35.2 Å². The fourth-order valence-electron chi connectivity index (χ4n) is 2.42. The molecule has 4 rings (SSSR count). The second-order valence-corrected chi connectivity index (χ2v) is 4.88. The van der Waals surface area contributed by atoms with Crippen molar-refractivity contribution in [2.45, 2.75) is 6.54 Å². The number of hydrogen-bond donors (Lipinski definition) is 1. The molecule has 0 saturated heterocycles. The molecule has 0 unspecified atom stereocenters. The lowest BCUT2D eigenvalue weighted by Gasteiger charge is -2.08. The number of imidazole rings is 1. The molecule has 2 N–H and O–H groups in total. The van der Waals surface area contributed by atoms with E-state index in [4.69, 9.17) is 5.73 Å². The first kappa shape index (κ1) is 13.3. The zero-order chi connectivity index (χ0) is 15.8. The maximum Gasteiger partial charge on any atom is 0.199 e. The van der Waals surface area contributed by atoms with E-state index in [1.807, 2.05) is 0 Å². The Morgan fingerprint density at radius 3 is 2.83 bits per heavy atom. The Morgan fingerprint density at radius 2 is 2.09 bits per heavy atom. The summed E-state index contributed by atoms with van der Waals surface area (Å²) in [5.74, 6) is 0.0776. The van der Waals surface area contributed by atoms with Gasteiger partial charge < -0.3 is 10.3 Å². The second-order valence-electron chi connectivity index (χ2n) is 4.88. The van der Waals surface area contributed by atoms with Crippen LogP contribution in [0, 0.1) is 5.82 Å². The number of hydrogen-bond acceptors (Lipinski definition) is 7. The number of rotatable bonds is 3. The highest BCUT2D eigenvalue weighted by Crippen LogP contribution is 2.28. The van der Waals surface area contributed by atoms with E-state index in [2.05, 4.69) is 30.1 Å². The molecule has 0 fully saturated rings. The molecule has 0 saturated carbocycles. The molecule has 0 bridgehead atoms. The molecular formula is C14H10FN7O. The molecule has 0 atom stereocenters. The normalized spacial score (nSPS) is 11.2. The van der Waals surface area contributed by atoms with Gasteiger partial charge >= 0.3 is 0 Å². The number of nitrogens with two attached hydrogens (primary N) is 1. The summed E-state index contributed by atoms with van der Waals surface area (Å²) in [6.07, 6.45) is 3.16. The Hall–Kier alpha value is -3.36. The molecular weight excluding hydrogens is 301 g/mol. The van der Waals surface area contributed by atoms with Crippen molar-refractivity contribution in [2.75, 3.05) is 5.73 Å². The lowest BCUT2D eigenvalue weighted by molar-refractivity contribution is 0.310. The summed E-state index contributed by atoms with van der Waals surface area (Å²) in [5, 5.41) is 14.9. The number of halogens is 1. The molecule has 114 valence electrons. The molecule has 3 aromatic heterocycles. The van der Waals surface area contributed by atoms with Crippen molar-refractivity contribution >= 4 is 16.9 Å². The van der Waals surface area contributed by atoms with Crippen LogP contribution in [0.15, 0.2) is 41.3 Å². The minimum atomic E-state index is -0.390. The molecule has 4 aromatic rings. The minimum Gasteiger partial charge on any atom is -0.379 e. The van der Waals surface area contributed by atoms with Crippen molar-refractivity contribution in [1.29, 1.82) is 0 Å². The van der Waals surface area contributed by atoms with Gasteiger partial charge in [0.1, 0.15) is 11.3 Å². The number of benzene rings is 1. The summed E-state index contributed by atoms with van der Waals surface area (Å²) in [7, 11) is 0. The average molecular weight is 311 g/mol. The fraction of sp³-hybridized carbons (Fsp3) is 0.0714. The monoisotopic (exact) mass is 311 g/mol. The number of anilines is 1. The van der Waals surface area contributed by atoms with Crippen LogP contribution in [0.2, 0.25) is 0 Å². The second kappa shape index (κ2) is 5.13. The molecule has 1 aromatic carbocycles. The van der Waals surface area contributed by atoms with E-state index >= 15 is 0 Å². The Kier molecular flexibility index (Phi) is 2.97. The third-order valence-corrected chi connectivity index (χ3v) is 3.43. The van der Waals surface area contributed by atoms with Gasteiger partial charge in [-0.15, -0.1) is 0 Å². The standard InChI is InChI=1S/C14H10FN7O/c15-9-2-1-3-10-12(9)22(7-8-4-5-17-18-6-8)14(19-10)11-13(16)21-23-20-11/h1-6H,7H2,(H2,16,21). The topological polar surface area (TPSA) is 109 Å². The highest BCUT2D eigenvalue weighted by atomic mass is 19.1. The Labute approximate surface area is 128 Å². The summed E-state index contributed by atoms with van der Waals surface area (Å²) in [6.45, 7) is 0.328. The van der Waals surface area contributed by atoms with Crippen molar-refractivity contribution in [3.8, 4) is 11.5 Å². The molecule has 0 spiro atoms. The van der Waals surface area contributed by atoms with Crippen LogP contribution in [0.25, 0.3) is 22.6 Å². The van der Waals surface area contributed by atoms with Crippen molar-refractivity contribution in [1.82, 2.24) is 30.1 Å². The van der Waals surface area contributed by atoms with E-state index in [-0.39, 0.29) is 11.5 Å². The van der Waals surface area contributed by atoms with E-state index in [0.717, 1.165) is 5.56 Å². The molecule has 0 aliphatic heterocycles. The zero-order valence-corrected chi connectivity index (χ0v) is 11.7. The molecule has 0 amide bonds. The molecule has 9 heteroatoms. The van der Waals surface area contributed by atoms with Crippen LogP contribution >= 0.6 is 0 Å². The number of fused-ring (bicyclic) bond motifs is 1. The molecule has 0 aliphatic rings. The van der Waals surface area contributed by atoms with Gasteiger partial charge in [0.2, 0.25) is 0 Å². The van der Waals surface area contributed by atoms with E-state index in [1.165, 1.54) is 6.07 Å². The minimum absolute atomic E-state index is 0.0924. The maximum absolute atomic E-state index is 14.3. The van der Waals surface area contributed by atoms with Crippen LogP contribution in [-0.2, 0) is 6.54 Å². The van der Waals surface area contributed by atoms with Gasteiger partial charge in [0.25, 0.3) is 0 Å². The van der Waals surface area contributed by atoms with Crippen LogP contribution in [-0.4, -0.2) is 30.1 Å². The first-order chi connectivity index (χ1) is 11.2. The van der Waals surface area contributed by atoms with Gasteiger partial charge in [-0.1, -0.05) is 6.07 Å². The van der Waals surface area contributed by atoms with E-state index < -0.39 is 5.82 Å². The molecule has 3 heterocycles.